The smallest absolute Gasteiger partial charge is 0.161 e. The monoisotopic (exact) mass is 837 g/mol. The van der Waals surface area contributed by atoms with Crippen molar-refractivity contribution in [3.8, 4) is 67.4 Å². The molecule has 0 aliphatic heterocycles. The van der Waals surface area contributed by atoms with Gasteiger partial charge in [0.15, 0.2) is 5.82 Å². The molecule has 2 heterocycles. The summed E-state index contributed by atoms with van der Waals surface area (Å²) in [7, 11) is 0. The van der Waals surface area contributed by atoms with Gasteiger partial charge in [0.2, 0.25) is 0 Å². The highest BCUT2D eigenvalue weighted by Gasteiger charge is 2.20. The molecule has 0 aliphatic carbocycles. The summed E-state index contributed by atoms with van der Waals surface area (Å²) in [6, 6.07) is 84.6. The molecule has 0 atom stereocenters. The van der Waals surface area contributed by atoms with E-state index in [-0.39, 0.29) is 0 Å². The van der Waals surface area contributed by atoms with Gasteiger partial charge in [0.05, 0.1) is 22.6 Å². The zero-order valence-corrected chi connectivity index (χ0v) is 35.9. The van der Waals surface area contributed by atoms with Gasteiger partial charge in [0, 0.05) is 44.0 Å². The Labute approximate surface area is 382 Å². The van der Waals surface area contributed by atoms with E-state index in [2.05, 4.69) is 237 Å². The number of nitrogens with zero attached hydrogens (tertiary/aromatic N) is 3. The maximum absolute atomic E-state index is 5.58. The number of benzene rings is 11. The minimum Gasteiger partial charge on any atom is -0.246 e. The third-order valence-electron chi connectivity index (χ3n) is 13.2. The topological polar surface area (TPSA) is 38.7 Å². The third-order valence-corrected chi connectivity index (χ3v) is 13.2. The minimum atomic E-state index is 0.686. The van der Waals surface area contributed by atoms with Gasteiger partial charge in [0.1, 0.15) is 0 Å². The first kappa shape index (κ1) is 37.7. The lowest BCUT2D eigenvalue weighted by atomic mass is 9.90. The zero-order chi connectivity index (χ0) is 43.6. The second kappa shape index (κ2) is 15.5. The second-order valence-electron chi connectivity index (χ2n) is 17.0. The molecule has 0 amide bonds. The second-order valence-corrected chi connectivity index (χ2v) is 17.0. The third kappa shape index (κ3) is 6.24. The van der Waals surface area contributed by atoms with Crippen molar-refractivity contribution >= 4 is 64.8 Å². The summed E-state index contributed by atoms with van der Waals surface area (Å²) in [5.41, 5.74) is 12.3. The number of hydrogen-bond acceptors (Lipinski definition) is 3. The van der Waals surface area contributed by atoms with Crippen LogP contribution in [-0.2, 0) is 0 Å². The minimum absolute atomic E-state index is 0.686. The molecule has 0 N–H and O–H groups in total. The summed E-state index contributed by atoms with van der Waals surface area (Å²) >= 11 is 0. The molecule has 0 saturated carbocycles. The van der Waals surface area contributed by atoms with Crippen LogP contribution in [0.15, 0.2) is 237 Å². The Bertz CT molecular complexity index is 3910. The highest BCUT2D eigenvalue weighted by Crippen LogP contribution is 2.43. The quantitative estimate of drug-likeness (QED) is 0.157. The maximum Gasteiger partial charge on any atom is 0.161 e. The largest absolute Gasteiger partial charge is 0.246 e. The Morgan fingerprint density at radius 3 is 1.42 bits per heavy atom. The van der Waals surface area contributed by atoms with Gasteiger partial charge in [-0.1, -0.05) is 212 Å². The summed E-state index contributed by atoms with van der Waals surface area (Å²) in [5, 5.41) is 12.9. The molecule has 13 rings (SSSR count). The van der Waals surface area contributed by atoms with E-state index in [0.717, 1.165) is 82.9 Å². The Morgan fingerprint density at radius 1 is 0.242 bits per heavy atom. The van der Waals surface area contributed by atoms with Crippen LogP contribution in [0.2, 0.25) is 0 Å². The van der Waals surface area contributed by atoms with Crippen LogP contribution in [0.5, 0.6) is 0 Å². The van der Waals surface area contributed by atoms with E-state index in [0.29, 0.717) is 5.82 Å². The first-order valence-corrected chi connectivity index (χ1v) is 22.5. The zero-order valence-electron chi connectivity index (χ0n) is 35.9. The lowest BCUT2D eigenvalue weighted by Gasteiger charge is -2.17. The fourth-order valence-corrected chi connectivity index (χ4v) is 10.2. The average molecular weight is 838 g/mol. The molecule has 0 bridgehead atoms. The van der Waals surface area contributed by atoms with Crippen molar-refractivity contribution in [1.29, 1.82) is 0 Å². The Morgan fingerprint density at radius 2 is 0.727 bits per heavy atom. The van der Waals surface area contributed by atoms with E-state index in [9.17, 15) is 0 Å². The van der Waals surface area contributed by atoms with Crippen molar-refractivity contribution in [1.82, 2.24) is 15.0 Å². The maximum atomic E-state index is 5.58. The molecule has 2 aromatic heterocycles. The Kier molecular flexibility index (Phi) is 8.85. The van der Waals surface area contributed by atoms with E-state index >= 15 is 0 Å². The van der Waals surface area contributed by atoms with Gasteiger partial charge in [-0.25, -0.2) is 15.0 Å². The highest BCUT2D eigenvalue weighted by atomic mass is 14.9. The molecule has 11 aromatic carbocycles. The lowest BCUT2D eigenvalue weighted by molar-refractivity contribution is 1.19. The molecule has 0 unspecified atom stereocenters. The van der Waals surface area contributed by atoms with Crippen LogP contribution in [-0.4, -0.2) is 15.0 Å². The average Bonchev–Trinajstić information content (AvgIpc) is 3.40. The van der Waals surface area contributed by atoms with Crippen LogP contribution in [0.4, 0.5) is 0 Å². The van der Waals surface area contributed by atoms with E-state index < -0.39 is 0 Å². The van der Waals surface area contributed by atoms with E-state index in [4.69, 9.17) is 15.0 Å². The van der Waals surface area contributed by atoms with Gasteiger partial charge in [-0.3, -0.25) is 0 Å². The van der Waals surface area contributed by atoms with Crippen LogP contribution in [0, 0.1) is 0 Å². The van der Waals surface area contributed by atoms with Crippen molar-refractivity contribution in [2.75, 3.05) is 0 Å². The fourth-order valence-electron chi connectivity index (χ4n) is 10.2. The molecule has 306 valence electrons. The highest BCUT2D eigenvalue weighted by molar-refractivity contribution is 6.20. The SMILES string of the molecule is c1ccc(-c2nc3c(-c4cccc(-c5cc(-c6cc7ccccc7c7ccccc67)nc(-c6cc7ccccc7c7ccccc67)n5)c4)cccc3c3c(-c4ccccc4)cccc23)cc1. The molecule has 3 nitrogen and oxygen atoms in total. The van der Waals surface area contributed by atoms with Crippen LogP contribution >= 0.6 is 0 Å². The molecule has 0 spiro atoms. The number of rotatable bonds is 6. The first-order valence-electron chi connectivity index (χ1n) is 22.5. The summed E-state index contributed by atoms with van der Waals surface area (Å²) in [6.07, 6.45) is 0. The molecule has 0 saturated heterocycles. The van der Waals surface area contributed by atoms with Crippen molar-refractivity contribution in [3.05, 3.63) is 237 Å². The fraction of sp³-hybridized carbons (Fsp3) is 0. The Hall–Kier alpha value is -8.79. The standard InChI is InChI=1S/C63H39N3/c1-3-18-40(19-4-1)48-32-16-34-54-60(48)55-35-17-33-49(62(55)66-61(54)41-20-5-2-6-21-41)42-24-15-25-45(36-42)58-39-59(56-37-43-22-7-9-26-46(43)50-28-11-13-30-52(50)56)65-63(64-58)57-38-44-23-8-10-27-47(44)51-29-12-14-31-53(51)57/h1-39H. The van der Waals surface area contributed by atoms with Gasteiger partial charge in [-0.05, 0) is 84.0 Å². The van der Waals surface area contributed by atoms with Gasteiger partial charge in [-0.2, -0.15) is 0 Å². The van der Waals surface area contributed by atoms with Crippen LogP contribution in [0.25, 0.3) is 132 Å². The van der Waals surface area contributed by atoms with Crippen molar-refractivity contribution in [2.24, 2.45) is 0 Å². The number of aromatic nitrogens is 3. The van der Waals surface area contributed by atoms with E-state index in [1.54, 1.807) is 0 Å². The first-order chi connectivity index (χ1) is 32.7. The predicted molar refractivity (Wildman–Crippen MR) is 277 cm³/mol. The lowest BCUT2D eigenvalue weighted by Crippen LogP contribution is -1.98. The van der Waals surface area contributed by atoms with E-state index in [1.807, 2.05) is 0 Å². The molecule has 0 fully saturated rings. The van der Waals surface area contributed by atoms with Gasteiger partial charge < -0.3 is 0 Å². The molecule has 0 radical (unpaired) electrons. The van der Waals surface area contributed by atoms with E-state index in [1.165, 1.54) is 43.4 Å². The number of pyridine rings is 1. The number of para-hydroxylation sites is 1. The normalized spacial score (nSPS) is 11.6. The number of hydrogen-bond donors (Lipinski definition) is 0. The van der Waals surface area contributed by atoms with Crippen LogP contribution < -0.4 is 0 Å². The molecule has 13 aromatic rings. The number of fused-ring (bicyclic) bond motifs is 9. The van der Waals surface area contributed by atoms with Crippen LogP contribution in [0.1, 0.15) is 0 Å². The van der Waals surface area contributed by atoms with Crippen molar-refractivity contribution in [2.45, 2.75) is 0 Å². The summed E-state index contributed by atoms with van der Waals surface area (Å²) in [6.45, 7) is 0. The molecule has 3 heteroatoms. The van der Waals surface area contributed by atoms with Gasteiger partial charge in [0.25, 0.3) is 0 Å². The predicted octanol–water partition coefficient (Wildman–Crippen LogP) is 16.8. The molecule has 66 heavy (non-hydrogen) atoms. The summed E-state index contributed by atoms with van der Waals surface area (Å²) in [4.78, 5) is 16.6. The van der Waals surface area contributed by atoms with Crippen molar-refractivity contribution < 1.29 is 0 Å². The van der Waals surface area contributed by atoms with Gasteiger partial charge >= 0.3 is 0 Å². The Balaban J connectivity index is 1.06. The van der Waals surface area contributed by atoms with Crippen molar-refractivity contribution in [3.63, 3.8) is 0 Å². The molecular weight excluding hydrogens is 799 g/mol. The molecular formula is C63H39N3. The van der Waals surface area contributed by atoms with Gasteiger partial charge in [-0.15, -0.1) is 0 Å². The van der Waals surface area contributed by atoms with Crippen LogP contribution in [0.3, 0.4) is 0 Å². The molecule has 0 aliphatic rings. The summed E-state index contributed by atoms with van der Waals surface area (Å²) in [5.74, 6) is 0.686. The summed E-state index contributed by atoms with van der Waals surface area (Å²) < 4.78 is 0.